The number of esters is 1. The topological polar surface area (TPSA) is 77.7 Å². The van der Waals surface area contributed by atoms with E-state index in [4.69, 9.17) is 15.2 Å². The summed E-state index contributed by atoms with van der Waals surface area (Å²) >= 11 is 0. The molecule has 0 spiro atoms. The van der Waals surface area contributed by atoms with Gasteiger partial charge in [0, 0.05) is 13.6 Å². The molecule has 0 unspecified atom stereocenters. The molecular formula is C13H21N3O3. The number of ether oxygens (including phenoxy) is 2. The second-order valence-corrected chi connectivity index (χ2v) is 4.47. The summed E-state index contributed by atoms with van der Waals surface area (Å²) in [5, 5.41) is 0. The van der Waals surface area contributed by atoms with Crippen LogP contribution in [0.15, 0.2) is 12.3 Å². The van der Waals surface area contributed by atoms with E-state index in [2.05, 4.69) is 4.98 Å². The maximum absolute atomic E-state index is 11.7. The number of pyridine rings is 1. The third kappa shape index (κ3) is 4.40. The van der Waals surface area contributed by atoms with Gasteiger partial charge in [-0.2, -0.15) is 0 Å². The molecule has 0 bridgehead atoms. The number of nitrogens with two attached hydrogens (primary N) is 1. The summed E-state index contributed by atoms with van der Waals surface area (Å²) in [6.45, 7) is 5.13. The van der Waals surface area contributed by atoms with Gasteiger partial charge in [0.15, 0.2) is 0 Å². The molecule has 0 fully saturated rings. The van der Waals surface area contributed by atoms with Gasteiger partial charge in [-0.15, -0.1) is 0 Å². The van der Waals surface area contributed by atoms with Gasteiger partial charge < -0.3 is 20.1 Å². The zero-order valence-corrected chi connectivity index (χ0v) is 11.8. The number of hydrogen-bond acceptors (Lipinski definition) is 6. The zero-order chi connectivity index (χ0) is 14.4. The molecule has 1 aromatic heterocycles. The van der Waals surface area contributed by atoms with Crippen LogP contribution in [-0.2, 0) is 9.47 Å². The van der Waals surface area contributed by atoms with E-state index in [9.17, 15) is 4.79 Å². The summed E-state index contributed by atoms with van der Waals surface area (Å²) in [6.07, 6.45) is 1.69. The van der Waals surface area contributed by atoms with Crippen LogP contribution in [0, 0.1) is 0 Å². The van der Waals surface area contributed by atoms with Gasteiger partial charge in [-0.25, -0.2) is 9.78 Å². The van der Waals surface area contributed by atoms with Gasteiger partial charge >= 0.3 is 5.97 Å². The standard InChI is InChI=1S/C13H21N3O3/c1-9(2)19-6-5-16(3)12-11(13(17)18-4)7-10(14)8-15-12/h7-9H,5-6,14H2,1-4H3. The van der Waals surface area contributed by atoms with E-state index in [0.29, 0.717) is 30.2 Å². The van der Waals surface area contributed by atoms with Crippen molar-refractivity contribution >= 4 is 17.5 Å². The van der Waals surface area contributed by atoms with Crippen molar-refractivity contribution in [3.05, 3.63) is 17.8 Å². The molecule has 0 aliphatic heterocycles. The highest BCUT2D eigenvalue weighted by molar-refractivity contribution is 5.95. The first-order valence-corrected chi connectivity index (χ1v) is 6.12. The molecule has 1 rings (SSSR count). The number of aromatic nitrogens is 1. The van der Waals surface area contributed by atoms with Gasteiger partial charge in [0.05, 0.1) is 31.7 Å². The van der Waals surface area contributed by atoms with Crippen molar-refractivity contribution in [3.63, 3.8) is 0 Å². The van der Waals surface area contributed by atoms with Crippen LogP contribution in [0.5, 0.6) is 0 Å². The maximum Gasteiger partial charge on any atom is 0.341 e. The van der Waals surface area contributed by atoms with Crippen molar-refractivity contribution in [2.45, 2.75) is 20.0 Å². The molecule has 0 saturated carbocycles. The third-order valence-electron chi connectivity index (χ3n) is 2.53. The summed E-state index contributed by atoms with van der Waals surface area (Å²) in [5.41, 5.74) is 6.43. The zero-order valence-electron chi connectivity index (χ0n) is 11.8. The Bertz CT molecular complexity index is 435. The van der Waals surface area contributed by atoms with E-state index in [0.717, 1.165) is 0 Å². The fourth-order valence-electron chi connectivity index (χ4n) is 1.57. The molecule has 0 aromatic carbocycles. The van der Waals surface area contributed by atoms with Crippen LogP contribution < -0.4 is 10.6 Å². The van der Waals surface area contributed by atoms with Crippen molar-refractivity contribution in [1.29, 1.82) is 0 Å². The van der Waals surface area contributed by atoms with Gasteiger partial charge in [0.2, 0.25) is 0 Å². The summed E-state index contributed by atoms with van der Waals surface area (Å²) in [4.78, 5) is 17.7. The number of nitrogens with zero attached hydrogens (tertiary/aromatic N) is 2. The molecular weight excluding hydrogens is 246 g/mol. The average molecular weight is 267 g/mol. The lowest BCUT2D eigenvalue weighted by Crippen LogP contribution is -2.26. The molecule has 1 heterocycles. The van der Waals surface area contributed by atoms with Crippen LogP contribution >= 0.6 is 0 Å². The van der Waals surface area contributed by atoms with Crippen LogP contribution in [0.1, 0.15) is 24.2 Å². The van der Waals surface area contributed by atoms with Crippen molar-refractivity contribution in [2.24, 2.45) is 0 Å². The summed E-state index contributed by atoms with van der Waals surface area (Å²) in [5.74, 6) is 0.0832. The monoisotopic (exact) mass is 267 g/mol. The molecule has 0 aliphatic rings. The molecule has 2 N–H and O–H groups in total. The van der Waals surface area contributed by atoms with Crippen LogP contribution in [-0.4, -0.2) is 44.4 Å². The molecule has 1 aromatic rings. The quantitative estimate of drug-likeness (QED) is 0.783. The number of carbonyl (C=O) groups is 1. The average Bonchev–Trinajstić information content (AvgIpc) is 2.37. The molecule has 0 aliphatic carbocycles. The third-order valence-corrected chi connectivity index (χ3v) is 2.53. The maximum atomic E-state index is 11.7. The Morgan fingerprint density at radius 2 is 2.21 bits per heavy atom. The lowest BCUT2D eigenvalue weighted by Gasteiger charge is -2.21. The predicted molar refractivity (Wildman–Crippen MR) is 74.3 cm³/mol. The fraction of sp³-hybridized carbons (Fsp3) is 0.538. The lowest BCUT2D eigenvalue weighted by molar-refractivity contribution is 0.0600. The summed E-state index contributed by atoms with van der Waals surface area (Å²) < 4.78 is 10.2. The minimum absolute atomic E-state index is 0.174. The van der Waals surface area contributed by atoms with Gasteiger partial charge in [0.25, 0.3) is 0 Å². The summed E-state index contributed by atoms with van der Waals surface area (Å²) in [6, 6.07) is 1.56. The van der Waals surface area contributed by atoms with Crippen LogP contribution in [0.4, 0.5) is 11.5 Å². The van der Waals surface area contributed by atoms with E-state index in [-0.39, 0.29) is 6.10 Å². The van der Waals surface area contributed by atoms with Crippen molar-refractivity contribution in [2.75, 3.05) is 37.9 Å². The van der Waals surface area contributed by atoms with Gasteiger partial charge in [0.1, 0.15) is 11.4 Å². The van der Waals surface area contributed by atoms with E-state index >= 15 is 0 Å². The largest absolute Gasteiger partial charge is 0.465 e. The molecule has 6 heteroatoms. The molecule has 19 heavy (non-hydrogen) atoms. The van der Waals surface area contributed by atoms with E-state index in [1.54, 1.807) is 6.07 Å². The predicted octanol–water partition coefficient (Wildman–Crippen LogP) is 1.31. The molecule has 0 saturated heterocycles. The van der Waals surface area contributed by atoms with E-state index in [1.807, 2.05) is 25.8 Å². The number of methoxy groups -OCH3 is 1. The Morgan fingerprint density at radius 1 is 1.53 bits per heavy atom. The number of hydrogen-bond donors (Lipinski definition) is 1. The fourth-order valence-corrected chi connectivity index (χ4v) is 1.57. The number of likely N-dealkylation sites (N-methyl/N-ethyl adjacent to an activating group) is 1. The number of anilines is 2. The Balaban J connectivity index is 2.83. The van der Waals surface area contributed by atoms with Gasteiger partial charge in [-0.1, -0.05) is 0 Å². The second-order valence-electron chi connectivity index (χ2n) is 4.47. The molecule has 0 atom stereocenters. The van der Waals surface area contributed by atoms with Gasteiger partial charge in [-0.05, 0) is 19.9 Å². The van der Waals surface area contributed by atoms with Crippen molar-refractivity contribution in [1.82, 2.24) is 4.98 Å². The first kappa shape index (κ1) is 15.2. The summed E-state index contributed by atoms with van der Waals surface area (Å²) in [7, 11) is 3.17. The lowest BCUT2D eigenvalue weighted by atomic mass is 10.2. The SMILES string of the molecule is COC(=O)c1cc(N)cnc1N(C)CCOC(C)C. The van der Waals surface area contributed by atoms with Crippen molar-refractivity contribution < 1.29 is 14.3 Å². The Kier molecular flexibility index (Phi) is 5.57. The Labute approximate surface area is 113 Å². The van der Waals surface area contributed by atoms with Crippen LogP contribution in [0.25, 0.3) is 0 Å². The first-order valence-electron chi connectivity index (χ1n) is 6.12. The highest BCUT2D eigenvalue weighted by atomic mass is 16.5. The highest BCUT2D eigenvalue weighted by Gasteiger charge is 2.17. The van der Waals surface area contributed by atoms with Crippen LogP contribution in [0.2, 0.25) is 0 Å². The first-order chi connectivity index (χ1) is 8.95. The molecule has 0 amide bonds. The Hall–Kier alpha value is -1.82. The number of nitrogen functional groups attached to an aromatic ring is 1. The smallest absolute Gasteiger partial charge is 0.341 e. The minimum Gasteiger partial charge on any atom is -0.465 e. The number of carbonyl (C=O) groups excluding carboxylic acids is 1. The van der Waals surface area contributed by atoms with Crippen molar-refractivity contribution in [3.8, 4) is 0 Å². The normalized spacial score (nSPS) is 10.6. The van der Waals surface area contributed by atoms with Crippen LogP contribution in [0.3, 0.4) is 0 Å². The molecule has 0 radical (unpaired) electrons. The van der Waals surface area contributed by atoms with E-state index < -0.39 is 5.97 Å². The minimum atomic E-state index is -0.452. The highest BCUT2D eigenvalue weighted by Crippen LogP contribution is 2.19. The number of rotatable bonds is 6. The molecule has 106 valence electrons. The second kappa shape index (κ2) is 6.94. The molecule has 6 nitrogen and oxygen atoms in total. The Morgan fingerprint density at radius 3 is 2.79 bits per heavy atom. The van der Waals surface area contributed by atoms with Gasteiger partial charge in [-0.3, -0.25) is 0 Å². The van der Waals surface area contributed by atoms with E-state index in [1.165, 1.54) is 13.3 Å².